The molecule has 3 rings (SSSR count). The average Bonchev–Trinajstić information content (AvgIpc) is 3.10. The Morgan fingerprint density at radius 1 is 0.913 bits per heavy atom. The van der Waals surface area contributed by atoms with Crippen LogP contribution in [0.4, 0.5) is 0 Å². The number of rotatable bonds is 13. The molecule has 3 nitrogen and oxygen atoms in total. The first-order valence-corrected chi connectivity index (χ1v) is 18.5. The van der Waals surface area contributed by atoms with Crippen LogP contribution in [-0.2, 0) is 0 Å². The Bertz CT molecular complexity index is 861. The van der Waals surface area contributed by atoms with Gasteiger partial charge in [-0.15, -0.1) is 13.2 Å². The minimum absolute atomic E-state index is 0.0194. The Morgan fingerprint density at radius 2 is 1.37 bits per heavy atom. The lowest BCUT2D eigenvalue weighted by molar-refractivity contribution is 0.0286. The van der Waals surface area contributed by atoms with Gasteiger partial charge in [-0.2, -0.15) is 0 Å². The maximum Gasteiger partial charge on any atom is 0.0682 e. The molecular weight excluding hydrogens is 558 g/mol. The predicted molar refractivity (Wildman–Crippen MR) is 217 cm³/mol. The molecule has 2 atom stereocenters. The van der Waals surface area contributed by atoms with Crippen LogP contribution < -0.4 is 11.1 Å². The maximum absolute atomic E-state index is 5.83. The van der Waals surface area contributed by atoms with Crippen LogP contribution in [0.25, 0.3) is 0 Å². The fraction of sp³-hybridized carbons (Fsp3) is 0.698. The van der Waals surface area contributed by atoms with Crippen molar-refractivity contribution in [1.82, 2.24) is 5.32 Å². The highest BCUT2D eigenvalue weighted by atomic mass is 14.9. The van der Waals surface area contributed by atoms with Crippen molar-refractivity contribution in [3.05, 3.63) is 74.0 Å². The highest BCUT2D eigenvalue weighted by molar-refractivity contribution is 6.11. The van der Waals surface area contributed by atoms with E-state index in [-0.39, 0.29) is 11.5 Å². The van der Waals surface area contributed by atoms with Gasteiger partial charge in [-0.05, 0) is 127 Å². The van der Waals surface area contributed by atoms with E-state index in [0.29, 0.717) is 16.7 Å². The summed E-state index contributed by atoms with van der Waals surface area (Å²) in [7, 11) is 1.95. The standard InChI is InChI=1S/C14H24N2.C11H19N.C11H20.C3H8.2C2H6/c1-9-16-13(10(2)3)11(4)12(5)14(6,7)15-8;1-2-10-3-6-11(9-12,7-4-10)8-5-10;1-5-10(4)8-9-11(6-2)7-3;1-3-2;2*1-2/h9,12,15H,1-2,4H2,3,5-8H3;2H,1,3-9,12H2;6,8,11H,2,5,7,9H2,1,3-4H3;3H2,1-2H3;2*1-2H3/b;;10-8-;;;. The SMILES string of the molecule is C=CC(CC)C/C=C(/C)CC.C=CC12CCC(CN)(CC1)CC2.C=CN=C(C(=C)C)C(=C)C(C)C(C)(C)NC.CC.CC.CCC. The second kappa shape index (κ2) is 29.2. The number of fused-ring (bicyclic) bond motifs is 3. The minimum Gasteiger partial charge on any atom is -0.330 e. The topological polar surface area (TPSA) is 50.4 Å². The molecule has 270 valence electrons. The summed E-state index contributed by atoms with van der Waals surface area (Å²) in [5.41, 5.74) is 11.1. The number of hydrogen-bond donors (Lipinski definition) is 2. The van der Waals surface area contributed by atoms with Crippen LogP contribution in [0.2, 0.25) is 0 Å². The Balaban J connectivity index is -0.000000265. The fourth-order valence-electron chi connectivity index (χ4n) is 5.25. The Morgan fingerprint density at radius 3 is 1.65 bits per heavy atom. The number of hydrogen-bond acceptors (Lipinski definition) is 3. The predicted octanol–water partition coefficient (Wildman–Crippen LogP) is 13.2. The molecule has 0 radical (unpaired) electrons. The molecule has 0 aromatic carbocycles. The van der Waals surface area contributed by atoms with E-state index in [0.717, 1.165) is 23.4 Å². The van der Waals surface area contributed by atoms with Crippen molar-refractivity contribution >= 4 is 5.71 Å². The first-order valence-electron chi connectivity index (χ1n) is 18.5. The average molecular weight is 642 g/mol. The van der Waals surface area contributed by atoms with Crippen LogP contribution in [0.1, 0.15) is 154 Å². The first kappa shape index (κ1) is 50.9. The summed E-state index contributed by atoms with van der Waals surface area (Å²) in [4.78, 5) is 4.25. The van der Waals surface area contributed by atoms with Crippen LogP contribution in [0.3, 0.4) is 0 Å². The summed E-state index contributed by atoms with van der Waals surface area (Å²) in [6.07, 6.45) is 21.0. The largest absolute Gasteiger partial charge is 0.330 e. The second-order valence-electron chi connectivity index (χ2n) is 13.2. The molecule has 0 aromatic rings. The van der Waals surface area contributed by atoms with Crippen molar-refractivity contribution in [2.24, 2.45) is 33.4 Å². The van der Waals surface area contributed by atoms with Crippen molar-refractivity contribution in [3.63, 3.8) is 0 Å². The zero-order valence-corrected chi connectivity index (χ0v) is 33.8. The molecule has 0 amide bonds. The van der Waals surface area contributed by atoms with Gasteiger partial charge in [0, 0.05) is 17.7 Å². The van der Waals surface area contributed by atoms with E-state index in [1.165, 1.54) is 76.0 Å². The molecule has 2 bridgehead atoms. The van der Waals surface area contributed by atoms with Gasteiger partial charge in [0.15, 0.2) is 0 Å². The highest BCUT2D eigenvalue weighted by Gasteiger charge is 2.46. The summed E-state index contributed by atoms with van der Waals surface area (Å²) in [5, 5.41) is 3.29. The summed E-state index contributed by atoms with van der Waals surface area (Å²) >= 11 is 0. The van der Waals surface area contributed by atoms with E-state index >= 15 is 0 Å². The molecule has 0 heterocycles. The van der Waals surface area contributed by atoms with Gasteiger partial charge in [0.05, 0.1) is 5.71 Å². The van der Waals surface area contributed by atoms with Crippen molar-refractivity contribution in [3.8, 4) is 0 Å². The third kappa shape index (κ3) is 19.6. The van der Waals surface area contributed by atoms with Gasteiger partial charge in [0.1, 0.15) is 0 Å². The third-order valence-electron chi connectivity index (χ3n) is 9.69. The van der Waals surface area contributed by atoms with E-state index in [1.807, 2.05) is 41.7 Å². The first-order chi connectivity index (χ1) is 21.7. The molecule has 0 saturated heterocycles. The van der Waals surface area contributed by atoms with Crippen LogP contribution in [0.15, 0.2) is 79.0 Å². The molecule has 3 aliphatic carbocycles. The van der Waals surface area contributed by atoms with Crippen LogP contribution in [-0.4, -0.2) is 24.8 Å². The van der Waals surface area contributed by atoms with Crippen molar-refractivity contribution in [2.45, 2.75) is 160 Å². The number of allylic oxidation sites excluding steroid dienone is 5. The summed E-state index contributed by atoms with van der Waals surface area (Å²) in [6.45, 7) is 47.6. The van der Waals surface area contributed by atoms with Gasteiger partial charge in [0.2, 0.25) is 0 Å². The molecule has 3 heteroatoms. The van der Waals surface area contributed by atoms with E-state index in [9.17, 15) is 0 Å². The lowest BCUT2D eigenvalue weighted by Crippen LogP contribution is -2.44. The van der Waals surface area contributed by atoms with Crippen LogP contribution >= 0.6 is 0 Å². The van der Waals surface area contributed by atoms with Crippen LogP contribution in [0, 0.1) is 22.7 Å². The Kier molecular flexibility index (Phi) is 32.3. The van der Waals surface area contributed by atoms with Gasteiger partial charge >= 0.3 is 0 Å². The molecule has 3 fully saturated rings. The fourth-order valence-corrected chi connectivity index (χ4v) is 5.25. The van der Waals surface area contributed by atoms with Gasteiger partial charge in [-0.1, -0.05) is 112 Å². The third-order valence-corrected chi connectivity index (χ3v) is 9.69. The number of nitrogens with one attached hydrogen (secondary N) is 1. The van der Waals surface area contributed by atoms with Gasteiger partial charge in [0.25, 0.3) is 0 Å². The Labute approximate surface area is 291 Å². The second-order valence-corrected chi connectivity index (χ2v) is 13.2. The molecule has 3 saturated carbocycles. The van der Waals surface area contributed by atoms with Crippen molar-refractivity contribution < 1.29 is 0 Å². The van der Waals surface area contributed by atoms with E-state index in [4.69, 9.17) is 5.73 Å². The summed E-state index contributed by atoms with van der Waals surface area (Å²) < 4.78 is 0. The van der Waals surface area contributed by atoms with Gasteiger partial charge < -0.3 is 11.1 Å². The molecule has 3 aliphatic rings. The zero-order chi connectivity index (χ0) is 37.0. The minimum atomic E-state index is -0.0194. The molecule has 2 unspecified atom stereocenters. The lowest BCUT2D eigenvalue weighted by Gasteiger charge is -2.52. The highest BCUT2D eigenvalue weighted by Crippen LogP contribution is 2.56. The van der Waals surface area contributed by atoms with Crippen LogP contribution in [0.5, 0.6) is 0 Å². The molecule has 3 N–H and O–H groups in total. The van der Waals surface area contributed by atoms with Crippen molar-refractivity contribution in [1.29, 1.82) is 0 Å². The molecule has 0 aliphatic heterocycles. The Hall–Kier alpha value is -1.97. The smallest absolute Gasteiger partial charge is 0.0682 e. The van der Waals surface area contributed by atoms with Gasteiger partial charge in [-0.25, -0.2) is 0 Å². The number of aliphatic imine (C=N–C) groups is 1. The monoisotopic (exact) mass is 642 g/mol. The molecule has 46 heavy (non-hydrogen) atoms. The summed E-state index contributed by atoms with van der Waals surface area (Å²) in [5.74, 6) is 0.949. The maximum atomic E-state index is 5.83. The van der Waals surface area contributed by atoms with Crippen molar-refractivity contribution in [2.75, 3.05) is 13.6 Å². The normalized spacial score (nSPS) is 21.2. The molecule has 0 aromatic heterocycles. The van der Waals surface area contributed by atoms with E-state index < -0.39 is 0 Å². The molecular formula is C43H83N3. The van der Waals surface area contributed by atoms with E-state index in [2.05, 4.69) is 117 Å². The number of nitrogens with zero attached hydrogens (tertiary/aromatic N) is 1. The quantitative estimate of drug-likeness (QED) is 0.155. The zero-order valence-electron chi connectivity index (χ0n) is 33.8. The van der Waals surface area contributed by atoms with E-state index in [1.54, 1.807) is 0 Å². The lowest BCUT2D eigenvalue weighted by atomic mass is 9.54. The number of nitrogens with two attached hydrogens (primary N) is 1. The molecule has 0 spiro atoms. The summed E-state index contributed by atoms with van der Waals surface area (Å²) in [6, 6.07) is 0. The van der Waals surface area contributed by atoms with Gasteiger partial charge in [-0.3, -0.25) is 4.99 Å².